The normalized spacial score (nSPS) is 21.5. The van der Waals surface area contributed by atoms with Gasteiger partial charge in [-0.2, -0.15) is 0 Å². The number of ketones is 1. The molecule has 1 aromatic rings. The molecule has 4 rings (SSSR count). The Morgan fingerprint density at radius 1 is 1.33 bits per heavy atom. The summed E-state index contributed by atoms with van der Waals surface area (Å²) in [6.45, 7) is 2.65. The van der Waals surface area contributed by atoms with Crippen molar-refractivity contribution in [3.8, 4) is 0 Å². The molecule has 1 aromatic carbocycles. The Morgan fingerprint density at radius 3 is 2.97 bits per heavy atom. The molecule has 1 amide bonds. The van der Waals surface area contributed by atoms with Crippen LogP contribution in [0.4, 0.5) is 5.69 Å². The van der Waals surface area contributed by atoms with Gasteiger partial charge >= 0.3 is 0 Å². The molecular formula is C26H28ClN3O3. The van der Waals surface area contributed by atoms with Crippen molar-refractivity contribution in [1.29, 1.82) is 0 Å². The molecule has 0 radical (unpaired) electrons. The molecule has 0 spiro atoms. The van der Waals surface area contributed by atoms with Gasteiger partial charge in [0.15, 0.2) is 12.0 Å². The molecule has 0 fully saturated rings. The molecule has 2 atom stereocenters. The lowest BCUT2D eigenvalue weighted by molar-refractivity contribution is -0.132. The Hall–Kier alpha value is -2.96. The van der Waals surface area contributed by atoms with Crippen LogP contribution in [0.15, 0.2) is 70.4 Å². The molecule has 33 heavy (non-hydrogen) atoms. The summed E-state index contributed by atoms with van der Waals surface area (Å²) in [6, 6.07) is 5.17. The molecule has 0 saturated carbocycles. The highest BCUT2D eigenvalue weighted by molar-refractivity contribution is 6.30. The number of carbonyl (C=O) groups is 2. The van der Waals surface area contributed by atoms with Gasteiger partial charge in [0.25, 0.3) is 5.91 Å². The number of aliphatic imine (C=N–C) groups is 1. The summed E-state index contributed by atoms with van der Waals surface area (Å²) in [5.74, 6) is 0.417. The summed E-state index contributed by atoms with van der Waals surface area (Å²) in [7, 11) is 0. The Labute approximate surface area is 199 Å². The van der Waals surface area contributed by atoms with E-state index in [2.05, 4.69) is 29.4 Å². The van der Waals surface area contributed by atoms with Crippen molar-refractivity contribution in [3.05, 3.63) is 76.0 Å². The maximum atomic E-state index is 12.7. The van der Waals surface area contributed by atoms with Gasteiger partial charge in [0.2, 0.25) is 0 Å². The maximum absolute atomic E-state index is 12.7. The number of carbonyl (C=O) groups excluding carboxylic acids is 2. The van der Waals surface area contributed by atoms with Crippen LogP contribution in [0, 0.1) is 5.92 Å². The SMILES string of the molecule is CC1C=CC(NC(O)c2ccc(Cl)cc2N=CCCN2CC(=O)C3=C(C=CCC3)C2=O)=CC1. The zero-order chi connectivity index (χ0) is 23.4. The van der Waals surface area contributed by atoms with Crippen LogP contribution in [-0.2, 0) is 9.59 Å². The second-order valence-electron chi connectivity index (χ2n) is 8.57. The van der Waals surface area contributed by atoms with Crippen molar-refractivity contribution in [2.45, 2.75) is 38.8 Å². The first-order valence-electron chi connectivity index (χ1n) is 11.3. The molecule has 1 aliphatic heterocycles. The summed E-state index contributed by atoms with van der Waals surface area (Å²) in [5.41, 5.74) is 3.22. The lowest BCUT2D eigenvalue weighted by atomic mass is 9.90. The predicted octanol–water partition coefficient (Wildman–Crippen LogP) is 4.55. The highest BCUT2D eigenvalue weighted by Crippen LogP contribution is 2.29. The predicted molar refractivity (Wildman–Crippen MR) is 130 cm³/mol. The summed E-state index contributed by atoms with van der Waals surface area (Å²) in [6.07, 6.45) is 13.4. The fourth-order valence-corrected chi connectivity index (χ4v) is 4.32. The average Bonchev–Trinajstić information content (AvgIpc) is 2.81. The Morgan fingerprint density at radius 2 is 2.18 bits per heavy atom. The summed E-state index contributed by atoms with van der Waals surface area (Å²) in [4.78, 5) is 31.2. The first-order valence-corrected chi connectivity index (χ1v) is 11.7. The third-order valence-electron chi connectivity index (χ3n) is 6.02. The molecular weight excluding hydrogens is 438 g/mol. The second-order valence-corrected chi connectivity index (χ2v) is 9.00. The summed E-state index contributed by atoms with van der Waals surface area (Å²) >= 11 is 6.16. The number of Topliss-reactive ketones (excluding diaryl/α,β-unsaturated/α-hetero) is 1. The van der Waals surface area contributed by atoms with E-state index in [1.807, 2.05) is 12.2 Å². The standard InChI is InChI=1S/C26H28ClN3O3/c1-17-7-10-19(11-8-17)29-25(32)22-12-9-18(27)15-23(22)28-13-4-14-30-16-24(31)20-5-2-3-6-21(20)26(30)33/h3,6-7,9-13,15,17,25,29,32H,2,4-5,8,14,16H2,1H3. The molecule has 172 valence electrons. The van der Waals surface area contributed by atoms with Crippen LogP contribution >= 0.6 is 11.6 Å². The number of allylic oxidation sites excluding steroid dienone is 4. The van der Waals surface area contributed by atoms with E-state index in [0.29, 0.717) is 52.7 Å². The fourth-order valence-electron chi connectivity index (χ4n) is 4.15. The van der Waals surface area contributed by atoms with Gasteiger partial charge < -0.3 is 15.3 Å². The van der Waals surface area contributed by atoms with Gasteiger partial charge in [-0.05, 0) is 43.4 Å². The Bertz CT molecular complexity index is 1100. The minimum atomic E-state index is -0.941. The molecule has 6 nitrogen and oxygen atoms in total. The number of halogens is 1. The first-order chi connectivity index (χ1) is 15.9. The Kier molecular flexibility index (Phi) is 7.26. The van der Waals surface area contributed by atoms with Crippen molar-refractivity contribution in [1.82, 2.24) is 10.2 Å². The molecule has 2 unspecified atom stereocenters. The van der Waals surface area contributed by atoms with E-state index >= 15 is 0 Å². The van der Waals surface area contributed by atoms with Crippen LogP contribution in [0.3, 0.4) is 0 Å². The van der Waals surface area contributed by atoms with Crippen molar-refractivity contribution >= 4 is 35.2 Å². The zero-order valence-electron chi connectivity index (χ0n) is 18.6. The van der Waals surface area contributed by atoms with Crippen molar-refractivity contribution in [3.63, 3.8) is 0 Å². The number of rotatable bonds is 7. The molecule has 2 N–H and O–H groups in total. The van der Waals surface area contributed by atoms with E-state index in [-0.39, 0.29) is 18.2 Å². The largest absolute Gasteiger partial charge is 0.369 e. The number of hydrogen-bond acceptors (Lipinski definition) is 5. The van der Waals surface area contributed by atoms with Crippen LogP contribution in [-0.4, -0.2) is 41.0 Å². The molecule has 0 saturated heterocycles. The van der Waals surface area contributed by atoms with Crippen molar-refractivity contribution in [2.75, 3.05) is 13.1 Å². The highest BCUT2D eigenvalue weighted by Gasteiger charge is 2.31. The van der Waals surface area contributed by atoms with Gasteiger partial charge in [-0.15, -0.1) is 0 Å². The van der Waals surface area contributed by atoms with Gasteiger partial charge in [0.05, 0.1) is 12.2 Å². The number of nitrogens with zero attached hydrogens (tertiary/aromatic N) is 2. The summed E-state index contributed by atoms with van der Waals surface area (Å²) < 4.78 is 0. The fraction of sp³-hybridized carbons (Fsp3) is 0.346. The smallest absolute Gasteiger partial charge is 0.254 e. The zero-order valence-corrected chi connectivity index (χ0v) is 19.4. The first kappa shape index (κ1) is 23.2. The topological polar surface area (TPSA) is 82.0 Å². The Balaban J connectivity index is 1.40. The third-order valence-corrected chi connectivity index (χ3v) is 6.26. The van der Waals surface area contributed by atoms with E-state index < -0.39 is 6.23 Å². The quantitative estimate of drug-likeness (QED) is 0.457. The van der Waals surface area contributed by atoms with Crippen molar-refractivity contribution in [2.24, 2.45) is 10.9 Å². The molecule has 2 aliphatic carbocycles. The summed E-state index contributed by atoms with van der Waals surface area (Å²) in [5, 5.41) is 14.4. The van der Waals surface area contributed by atoms with Gasteiger partial charge in [0, 0.05) is 46.6 Å². The molecule has 7 heteroatoms. The molecule has 0 bridgehead atoms. The third kappa shape index (κ3) is 5.52. The number of aliphatic hydroxyl groups excluding tert-OH is 1. The second kappa shape index (κ2) is 10.3. The number of hydrogen-bond donors (Lipinski definition) is 2. The van der Waals surface area contributed by atoms with E-state index in [0.717, 1.165) is 18.5 Å². The maximum Gasteiger partial charge on any atom is 0.254 e. The van der Waals surface area contributed by atoms with Gasteiger partial charge in [0.1, 0.15) is 0 Å². The van der Waals surface area contributed by atoms with E-state index in [1.165, 1.54) is 0 Å². The van der Waals surface area contributed by atoms with E-state index in [1.54, 1.807) is 35.4 Å². The molecule has 3 aliphatic rings. The molecule has 0 aromatic heterocycles. The highest BCUT2D eigenvalue weighted by atomic mass is 35.5. The number of amides is 1. The van der Waals surface area contributed by atoms with Crippen molar-refractivity contribution < 1.29 is 14.7 Å². The van der Waals surface area contributed by atoms with Gasteiger partial charge in [-0.1, -0.05) is 48.9 Å². The van der Waals surface area contributed by atoms with Crippen LogP contribution in [0.5, 0.6) is 0 Å². The molecule has 1 heterocycles. The lowest BCUT2D eigenvalue weighted by Gasteiger charge is -2.29. The van der Waals surface area contributed by atoms with E-state index in [9.17, 15) is 14.7 Å². The van der Waals surface area contributed by atoms with Gasteiger partial charge in [-0.3, -0.25) is 14.6 Å². The van der Waals surface area contributed by atoms with Crippen LogP contribution in [0.25, 0.3) is 0 Å². The number of nitrogens with one attached hydrogen (secondary N) is 1. The monoisotopic (exact) mass is 465 g/mol. The minimum absolute atomic E-state index is 0.0256. The average molecular weight is 466 g/mol. The van der Waals surface area contributed by atoms with Crippen LogP contribution < -0.4 is 5.32 Å². The van der Waals surface area contributed by atoms with Crippen LogP contribution in [0.2, 0.25) is 5.02 Å². The number of benzene rings is 1. The number of aliphatic hydroxyl groups is 1. The lowest BCUT2D eigenvalue weighted by Crippen LogP contribution is -2.42. The van der Waals surface area contributed by atoms with E-state index in [4.69, 9.17) is 11.6 Å². The van der Waals surface area contributed by atoms with Crippen LogP contribution in [0.1, 0.15) is 44.4 Å². The minimum Gasteiger partial charge on any atom is -0.369 e. The van der Waals surface area contributed by atoms with Gasteiger partial charge in [-0.25, -0.2) is 0 Å².